The van der Waals surface area contributed by atoms with Gasteiger partial charge in [0.1, 0.15) is 11.9 Å². The molecule has 1 atom stereocenters. The van der Waals surface area contributed by atoms with Crippen LogP contribution in [-0.4, -0.2) is 46.7 Å². The average molecular weight is 372 g/mol. The van der Waals surface area contributed by atoms with Crippen LogP contribution in [0.2, 0.25) is 0 Å². The predicted octanol–water partition coefficient (Wildman–Crippen LogP) is 2.65. The van der Waals surface area contributed by atoms with Gasteiger partial charge >= 0.3 is 12.1 Å². The molecule has 3 heterocycles. The Balaban J connectivity index is 1.77. The Bertz CT molecular complexity index is 685. The summed E-state index contributed by atoms with van der Waals surface area (Å²) in [6, 6.07) is 1.09. The highest BCUT2D eigenvalue weighted by Crippen LogP contribution is 2.40. The number of hydrogen-bond donors (Lipinski definition) is 2. The van der Waals surface area contributed by atoms with Crippen LogP contribution in [0.4, 0.5) is 19.0 Å². The summed E-state index contributed by atoms with van der Waals surface area (Å²) in [4.78, 5) is 20.4. The molecular weight excluding hydrogens is 349 g/mol. The van der Waals surface area contributed by atoms with Crippen molar-refractivity contribution in [2.75, 3.05) is 24.5 Å². The number of nitrogens with zero attached hydrogens (tertiary/aromatic N) is 3. The van der Waals surface area contributed by atoms with Crippen molar-refractivity contribution < 1.29 is 23.1 Å². The number of nitrogens with one attached hydrogen (secondary N) is 1. The van der Waals surface area contributed by atoms with E-state index in [0.717, 1.165) is 12.8 Å². The van der Waals surface area contributed by atoms with Crippen molar-refractivity contribution >= 4 is 11.8 Å². The van der Waals surface area contributed by atoms with Gasteiger partial charge in [0.05, 0.1) is 0 Å². The highest BCUT2D eigenvalue weighted by atomic mass is 19.4. The molecule has 1 aromatic heterocycles. The highest BCUT2D eigenvalue weighted by molar-refractivity contribution is 5.74. The molecule has 144 valence electrons. The second-order valence-electron chi connectivity index (χ2n) is 7.59. The van der Waals surface area contributed by atoms with Crippen LogP contribution in [0.3, 0.4) is 0 Å². The fourth-order valence-electron chi connectivity index (χ4n) is 3.72. The zero-order valence-electron chi connectivity index (χ0n) is 14.8. The maximum absolute atomic E-state index is 13.1. The van der Waals surface area contributed by atoms with Gasteiger partial charge in [0.25, 0.3) is 0 Å². The molecule has 0 amide bonds. The second kappa shape index (κ2) is 6.68. The maximum Gasteiger partial charge on any atom is 0.451 e. The third kappa shape index (κ3) is 3.77. The molecule has 1 unspecified atom stereocenters. The molecule has 0 radical (unpaired) electrons. The quantitative estimate of drug-likeness (QED) is 0.849. The Morgan fingerprint density at radius 2 is 2.00 bits per heavy atom. The topological polar surface area (TPSA) is 78.4 Å². The third-order valence-corrected chi connectivity index (χ3v) is 5.38. The molecule has 26 heavy (non-hydrogen) atoms. The van der Waals surface area contributed by atoms with Gasteiger partial charge in [0.2, 0.25) is 5.82 Å². The van der Waals surface area contributed by atoms with Crippen LogP contribution < -0.4 is 10.2 Å². The van der Waals surface area contributed by atoms with E-state index in [1.165, 1.54) is 0 Å². The normalized spacial score (nSPS) is 23.0. The number of carboxylic acids is 1. The third-order valence-electron chi connectivity index (χ3n) is 5.38. The predicted molar refractivity (Wildman–Crippen MR) is 89.0 cm³/mol. The van der Waals surface area contributed by atoms with Gasteiger partial charge in [-0.15, -0.1) is 0 Å². The number of carboxylic acid groups (broad SMARTS) is 1. The molecule has 0 aliphatic carbocycles. The van der Waals surface area contributed by atoms with E-state index >= 15 is 0 Å². The van der Waals surface area contributed by atoms with Gasteiger partial charge < -0.3 is 15.3 Å². The van der Waals surface area contributed by atoms with E-state index in [1.807, 2.05) is 4.90 Å². The molecule has 0 saturated carbocycles. The Kier molecular flexibility index (Phi) is 4.85. The summed E-state index contributed by atoms with van der Waals surface area (Å²) < 4.78 is 39.4. The van der Waals surface area contributed by atoms with Crippen LogP contribution in [0.1, 0.15) is 50.5 Å². The monoisotopic (exact) mass is 372 g/mol. The number of rotatable bonds is 3. The lowest BCUT2D eigenvalue weighted by molar-refractivity contribution is -0.145. The number of hydrogen-bond acceptors (Lipinski definition) is 5. The number of anilines is 1. The van der Waals surface area contributed by atoms with Gasteiger partial charge in [0, 0.05) is 31.4 Å². The van der Waals surface area contributed by atoms with Crippen LogP contribution in [0, 0.1) is 5.41 Å². The smallest absolute Gasteiger partial charge is 0.451 e. The lowest BCUT2D eigenvalue weighted by Gasteiger charge is -2.39. The van der Waals surface area contributed by atoms with Crippen molar-refractivity contribution in [2.24, 2.45) is 5.41 Å². The van der Waals surface area contributed by atoms with Gasteiger partial charge in [-0.3, -0.25) is 4.79 Å². The van der Waals surface area contributed by atoms with Crippen molar-refractivity contribution in [1.29, 1.82) is 0 Å². The van der Waals surface area contributed by atoms with Crippen LogP contribution in [0.25, 0.3) is 0 Å². The van der Waals surface area contributed by atoms with Crippen molar-refractivity contribution in [3.8, 4) is 0 Å². The van der Waals surface area contributed by atoms with Crippen molar-refractivity contribution in [3.63, 3.8) is 0 Å². The second-order valence-corrected chi connectivity index (χ2v) is 7.59. The summed E-state index contributed by atoms with van der Waals surface area (Å²) in [6.07, 6.45) is -2.57. The van der Waals surface area contributed by atoms with Crippen molar-refractivity contribution in [3.05, 3.63) is 17.6 Å². The number of alkyl halides is 3. The zero-order valence-corrected chi connectivity index (χ0v) is 14.8. The minimum absolute atomic E-state index is 0.0969. The van der Waals surface area contributed by atoms with Gasteiger partial charge in [-0.05, 0) is 30.6 Å². The van der Waals surface area contributed by atoms with Gasteiger partial charge in [-0.2, -0.15) is 13.2 Å². The number of piperidine rings is 1. The van der Waals surface area contributed by atoms with E-state index in [-0.39, 0.29) is 11.3 Å². The van der Waals surface area contributed by atoms with Crippen LogP contribution in [-0.2, 0) is 11.0 Å². The van der Waals surface area contributed by atoms with Crippen molar-refractivity contribution in [1.82, 2.24) is 15.3 Å². The molecule has 2 N–H and O–H groups in total. The molecule has 0 bridgehead atoms. The Morgan fingerprint density at radius 1 is 1.35 bits per heavy atom. The Morgan fingerprint density at radius 3 is 2.50 bits per heavy atom. The molecular formula is C17H23F3N4O2. The first kappa shape index (κ1) is 18.9. The van der Waals surface area contributed by atoms with Crippen LogP contribution in [0.5, 0.6) is 0 Å². The molecule has 3 rings (SSSR count). The van der Waals surface area contributed by atoms with Gasteiger partial charge in [-0.1, -0.05) is 13.8 Å². The maximum atomic E-state index is 13.1. The highest BCUT2D eigenvalue weighted by Gasteiger charge is 2.44. The summed E-state index contributed by atoms with van der Waals surface area (Å²) in [6.45, 7) is 5.34. The Hall–Kier alpha value is -1.90. The van der Waals surface area contributed by atoms with E-state index in [0.29, 0.717) is 37.6 Å². The molecule has 1 aromatic rings. The number of aliphatic carboxylic acids is 1. The molecule has 2 aliphatic rings. The number of carbonyl (C=O) groups is 1. The zero-order chi connectivity index (χ0) is 19.1. The van der Waals surface area contributed by atoms with Gasteiger partial charge in [-0.25, -0.2) is 9.97 Å². The summed E-state index contributed by atoms with van der Waals surface area (Å²) in [5.41, 5.74) is 0.274. The van der Waals surface area contributed by atoms with E-state index in [4.69, 9.17) is 5.11 Å². The molecule has 2 saturated heterocycles. The van der Waals surface area contributed by atoms with Crippen LogP contribution >= 0.6 is 0 Å². The van der Waals surface area contributed by atoms with E-state index in [9.17, 15) is 18.0 Å². The average Bonchev–Trinajstić information content (AvgIpc) is 2.98. The summed E-state index contributed by atoms with van der Waals surface area (Å²) in [7, 11) is 0. The SMILES string of the molecule is CC(C)c1cc(N2CCC3(CC2)CNC(C(=O)O)C3)nc(C(F)(F)F)n1. The first-order valence-corrected chi connectivity index (χ1v) is 8.77. The first-order valence-electron chi connectivity index (χ1n) is 8.77. The minimum atomic E-state index is -4.58. The van der Waals surface area contributed by atoms with Crippen LogP contribution in [0.15, 0.2) is 6.07 Å². The molecule has 2 aliphatic heterocycles. The fourth-order valence-corrected chi connectivity index (χ4v) is 3.72. The molecule has 6 nitrogen and oxygen atoms in total. The fraction of sp³-hybridized carbons (Fsp3) is 0.706. The summed E-state index contributed by atoms with van der Waals surface area (Å²) in [5.74, 6) is -1.79. The molecule has 1 spiro atoms. The molecule has 0 aromatic carbocycles. The number of aromatic nitrogens is 2. The number of halogens is 3. The summed E-state index contributed by atoms with van der Waals surface area (Å²) in [5, 5.41) is 12.2. The van der Waals surface area contributed by atoms with Crippen molar-refractivity contribution in [2.45, 2.75) is 51.2 Å². The van der Waals surface area contributed by atoms with E-state index < -0.39 is 24.0 Å². The van der Waals surface area contributed by atoms with Gasteiger partial charge in [0.15, 0.2) is 0 Å². The summed E-state index contributed by atoms with van der Waals surface area (Å²) >= 11 is 0. The Labute approximate surface area is 149 Å². The molecule has 2 fully saturated rings. The largest absolute Gasteiger partial charge is 0.480 e. The van der Waals surface area contributed by atoms with E-state index in [2.05, 4.69) is 15.3 Å². The standard InChI is InChI=1S/C17H23F3N4O2/c1-10(2)11-7-13(23-15(22-11)17(18,19)20)24-5-3-16(4-6-24)8-12(14(25)26)21-9-16/h7,10,12,21H,3-6,8-9H2,1-2H3,(H,25,26). The first-order chi connectivity index (χ1) is 12.1. The lowest BCUT2D eigenvalue weighted by Crippen LogP contribution is -2.41. The minimum Gasteiger partial charge on any atom is -0.480 e. The van der Waals surface area contributed by atoms with E-state index in [1.54, 1.807) is 19.9 Å². The lowest BCUT2D eigenvalue weighted by atomic mass is 9.76. The molecule has 9 heteroatoms.